The van der Waals surface area contributed by atoms with E-state index in [0.29, 0.717) is 0 Å². The van der Waals surface area contributed by atoms with Gasteiger partial charge in [0, 0.05) is 20.4 Å². The van der Waals surface area contributed by atoms with E-state index < -0.39 is 11.4 Å². The molecule has 1 heterocycles. The number of hydrogen-bond donors (Lipinski definition) is 1. The van der Waals surface area contributed by atoms with E-state index in [0.717, 1.165) is 0 Å². The van der Waals surface area contributed by atoms with E-state index in [1.54, 1.807) is 13.8 Å². The van der Waals surface area contributed by atoms with Gasteiger partial charge in [0.25, 0.3) is 0 Å². The van der Waals surface area contributed by atoms with Gasteiger partial charge in [-0.05, 0) is 0 Å². The zero-order chi connectivity index (χ0) is 7.07. The van der Waals surface area contributed by atoms with Gasteiger partial charge in [0.15, 0.2) is 5.97 Å². The number of rotatable bonds is 0. The molecule has 1 saturated heterocycles. The molecular formula is C6H9O3Re-. The number of aliphatic hydroxyl groups excluding tert-OH is 1. The fourth-order valence-electron chi connectivity index (χ4n) is 0.659. The summed E-state index contributed by atoms with van der Waals surface area (Å²) < 4.78 is 4.55. The van der Waals surface area contributed by atoms with Crippen molar-refractivity contribution in [1.29, 1.82) is 0 Å². The van der Waals surface area contributed by atoms with Gasteiger partial charge in [-0.25, -0.2) is 0 Å². The predicted molar refractivity (Wildman–Crippen MR) is 29.9 cm³/mol. The molecule has 10 heavy (non-hydrogen) atoms. The third-order valence-corrected chi connectivity index (χ3v) is 1.40. The Balaban J connectivity index is 0.000000810. The summed E-state index contributed by atoms with van der Waals surface area (Å²) in [5.41, 5.74) is -0.475. The molecule has 0 spiro atoms. The van der Waals surface area contributed by atoms with Gasteiger partial charge in [-0.3, -0.25) is 4.79 Å². The third-order valence-electron chi connectivity index (χ3n) is 1.40. The van der Waals surface area contributed by atoms with Crippen LogP contribution < -0.4 is 0 Å². The van der Waals surface area contributed by atoms with Crippen LogP contribution >= 0.6 is 0 Å². The van der Waals surface area contributed by atoms with E-state index in [2.05, 4.69) is 4.74 Å². The van der Waals surface area contributed by atoms with Gasteiger partial charge in [-0.2, -0.15) is 6.10 Å². The van der Waals surface area contributed by atoms with Gasteiger partial charge < -0.3 is 9.84 Å². The molecule has 0 amide bonds. The van der Waals surface area contributed by atoms with Crippen molar-refractivity contribution in [2.45, 2.75) is 13.8 Å². The molecule has 0 saturated carbocycles. The van der Waals surface area contributed by atoms with E-state index in [-0.39, 0.29) is 33.1 Å². The van der Waals surface area contributed by atoms with Crippen LogP contribution in [0.2, 0.25) is 0 Å². The molecule has 0 aromatic carbocycles. The van der Waals surface area contributed by atoms with Gasteiger partial charge in [-0.15, -0.1) is 0 Å². The summed E-state index contributed by atoms with van der Waals surface area (Å²) in [7, 11) is 0. The summed E-state index contributed by atoms with van der Waals surface area (Å²) in [5.74, 6) is -0.583. The van der Waals surface area contributed by atoms with Crippen molar-refractivity contribution in [2.75, 3.05) is 6.61 Å². The Hall–Kier alpha value is -0.0377. The smallest absolute Gasteiger partial charge is 0.193 e. The van der Waals surface area contributed by atoms with Crippen LogP contribution in [0.1, 0.15) is 13.8 Å². The van der Waals surface area contributed by atoms with Gasteiger partial charge in [0.1, 0.15) is 0 Å². The average Bonchev–Trinajstić information content (AvgIpc) is 1.97. The molecule has 59 valence electrons. The van der Waals surface area contributed by atoms with Crippen molar-refractivity contribution in [3.8, 4) is 0 Å². The minimum Gasteiger partial charge on any atom is -0.533 e. The van der Waals surface area contributed by atoms with E-state index >= 15 is 0 Å². The first kappa shape index (κ1) is 9.96. The van der Waals surface area contributed by atoms with Gasteiger partial charge in [-0.1, -0.05) is 19.3 Å². The summed E-state index contributed by atoms with van der Waals surface area (Å²) in [6.07, 6.45) is -0.164. The monoisotopic (exact) mass is 316 g/mol. The number of esters is 1. The van der Waals surface area contributed by atoms with Crippen LogP contribution in [0.5, 0.6) is 0 Å². The van der Waals surface area contributed by atoms with Crippen LogP contribution in [-0.2, 0) is 30.0 Å². The molecule has 0 aliphatic carbocycles. The first-order valence-corrected chi connectivity index (χ1v) is 2.77. The number of carbonyl (C=O) groups is 1. The van der Waals surface area contributed by atoms with E-state index in [1.165, 1.54) is 0 Å². The number of aliphatic hydroxyl groups is 1. The second-order valence-electron chi connectivity index (χ2n) is 2.81. The molecule has 1 fully saturated rings. The Morgan fingerprint density at radius 1 is 1.70 bits per heavy atom. The summed E-state index contributed by atoms with van der Waals surface area (Å²) in [6, 6.07) is 0. The number of ether oxygens (including phenoxy) is 1. The normalized spacial score (nSPS) is 21.9. The molecule has 3 nitrogen and oxygen atoms in total. The van der Waals surface area contributed by atoms with Gasteiger partial charge in [0.2, 0.25) is 0 Å². The van der Waals surface area contributed by atoms with E-state index in [9.17, 15) is 4.79 Å². The second kappa shape index (κ2) is 2.91. The second-order valence-corrected chi connectivity index (χ2v) is 2.81. The van der Waals surface area contributed by atoms with Crippen LogP contribution in [0.15, 0.2) is 0 Å². The average molecular weight is 315 g/mol. The summed E-state index contributed by atoms with van der Waals surface area (Å²) >= 11 is 0. The Kier molecular flexibility index (Phi) is 2.90. The van der Waals surface area contributed by atoms with Gasteiger partial charge >= 0.3 is 0 Å². The number of cyclic esters (lactones) is 1. The molecule has 1 aliphatic rings. The van der Waals surface area contributed by atoms with Crippen molar-refractivity contribution in [3.63, 3.8) is 0 Å². The quantitative estimate of drug-likeness (QED) is 0.522. The summed E-state index contributed by atoms with van der Waals surface area (Å²) in [6.45, 7) is 3.80. The van der Waals surface area contributed by atoms with Crippen molar-refractivity contribution in [2.24, 2.45) is 5.41 Å². The predicted octanol–water partition coefficient (Wildman–Crippen LogP) is 0.471. The van der Waals surface area contributed by atoms with Crippen LogP contribution in [0, 0.1) is 11.5 Å². The number of hydrogen-bond acceptors (Lipinski definition) is 3. The van der Waals surface area contributed by atoms with Gasteiger partial charge in [0.05, 0.1) is 6.61 Å². The zero-order valence-electron chi connectivity index (χ0n) is 5.85. The van der Waals surface area contributed by atoms with E-state index in [1.807, 2.05) is 0 Å². The molecule has 0 aromatic heterocycles. The Morgan fingerprint density at radius 2 is 2.20 bits per heavy atom. The van der Waals surface area contributed by atoms with E-state index in [4.69, 9.17) is 5.11 Å². The Labute approximate surface area is 73.4 Å². The molecule has 4 heteroatoms. The van der Waals surface area contributed by atoms with Crippen molar-refractivity contribution in [3.05, 3.63) is 6.10 Å². The fourth-order valence-corrected chi connectivity index (χ4v) is 0.659. The first-order valence-electron chi connectivity index (χ1n) is 2.77. The molecule has 1 aliphatic heterocycles. The maximum absolute atomic E-state index is 10.5. The summed E-state index contributed by atoms with van der Waals surface area (Å²) in [4.78, 5) is 10.5. The molecule has 0 bridgehead atoms. The topological polar surface area (TPSA) is 46.5 Å². The number of carbonyl (C=O) groups excluding carboxylic acids is 1. The molecular weight excluding hydrogens is 306 g/mol. The molecule has 0 atom stereocenters. The third kappa shape index (κ3) is 1.51. The standard InChI is InChI=1S/C6H9O3.Re/c1-6(2)3-9-5(8)4(6)7;/h7H,3H2,1-2H3;/q-1;. The maximum Gasteiger partial charge on any atom is 0.193 e. The van der Waals surface area contributed by atoms with Crippen LogP contribution in [-0.4, -0.2) is 17.7 Å². The molecule has 1 N–H and O–H groups in total. The first-order chi connectivity index (χ1) is 4.04. The van der Waals surface area contributed by atoms with Crippen LogP contribution in [0.4, 0.5) is 0 Å². The fraction of sp³-hybridized carbons (Fsp3) is 0.667. The molecule has 0 unspecified atom stereocenters. The van der Waals surface area contributed by atoms with Crippen molar-refractivity contribution in [1.82, 2.24) is 0 Å². The minimum atomic E-state index is -0.583. The maximum atomic E-state index is 10.5. The Morgan fingerprint density at radius 3 is 2.30 bits per heavy atom. The minimum absolute atomic E-state index is 0. The molecule has 1 radical (unpaired) electrons. The van der Waals surface area contributed by atoms with Crippen LogP contribution in [0.3, 0.4) is 0 Å². The molecule has 1 rings (SSSR count). The van der Waals surface area contributed by atoms with Crippen molar-refractivity contribution < 1.29 is 35.1 Å². The SMILES string of the molecule is CC1(C)COC(=O)[C-]1O.[Re]. The largest absolute Gasteiger partial charge is 0.533 e. The summed E-state index contributed by atoms with van der Waals surface area (Å²) in [5, 5.41) is 8.97. The van der Waals surface area contributed by atoms with Crippen molar-refractivity contribution >= 4 is 5.97 Å². The molecule has 0 aromatic rings. The van der Waals surface area contributed by atoms with Crippen LogP contribution in [0.25, 0.3) is 0 Å². The Bertz CT molecular complexity index is 144. The zero-order valence-corrected chi connectivity index (χ0v) is 8.56.